The highest BCUT2D eigenvalue weighted by atomic mass is 16.5. The minimum absolute atomic E-state index is 0.0419. The molecule has 0 heterocycles. The molecule has 5 heteroatoms. The van der Waals surface area contributed by atoms with E-state index in [0.29, 0.717) is 24.5 Å². The summed E-state index contributed by atoms with van der Waals surface area (Å²) in [5.41, 5.74) is 0.944. The van der Waals surface area contributed by atoms with E-state index in [-0.39, 0.29) is 18.9 Å². The summed E-state index contributed by atoms with van der Waals surface area (Å²) in [6.45, 7) is 4.42. The number of methoxy groups -OCH3 is 2. The topological polar surface area (TPSA) is 59.0 Å². The number of aliphatic hydroxyl groups is 1. The molecule has 1 atom stereocenters. The van der Waals surface area contributed by atoms with Gasteiger partial charge in [0.05, 0.1) is 26.2 Å². The molecule has 0 radical (unpaired) electrons. The normalized spacial score (nSPS) is 12.9. The molecule has 2 rings (SSSR count). The van der Waals surface area contributed by atoms with Crippen LogP contribution < -0.4 is 9.47 Å². The van der Waals surface area contributed by atoms with Crippen molar-refractivity contribution in [2.45, 2.75) is 38.8 Å². The average molecular weight is 371 g/mol. The number of hydrogen-bond acceptors (Lipinski definition) is 4. The van der Waals surface area contributed by atoms with Crippen LogP contribution >= 0.6 is 0 Å². The van der Waals surface area contributed by atoms with Gasteiger partial charge in [0.25, 0.3) is 0 Å². The van der Waals surface area contributed by atoms with Gasteiger partial charge in [-0.1, -0.05) is 43.3 Å². The number of rotatable bonds is 9. The lowest BCUT2D eigenvalue weighted by Crippen LogP contribution is -2.43. The average Bonchev–Trinajstić information content (AvgIpc) is 2.68. The summed E-state index contributed by atoms with van der Waals surface area (Å²) >= 11 is 0. The van der Waals surface area contributed by atoms with Crippen molar-refractivity contribution in [2.24, 2.45) is 0 Å². The largest absolute Gasteiger partial charge is 0.493 e. The highest BCUT2D eigenvalue weighted by Gasteiger charge is 2.25. The summed E-state index contributed by atoms with van der Waals surface area (Å²) in [4.78, 5) is 14.7. The van der Waals surface area contributed by atoms with Crippen molar-refractivity contribution in [2.75, 3.05) is 20.8 Å². The van der Waals surface area contributed by atoms with Gasteiger partial charge in [-0.25, -0.2) is 0 Å². The fourth-order valence-electron chi connectivity index (χ4n) is 2.84. The Kier molecular flexibility index (Phi) is 7.25. The number of nitrogens with zero attached hydrogens (tertiary/aromatic N) is 1. The minimum Gasteiger partial charge on any atom is -0.493 e. The highest BCUT2D eigenvalue weighted by molar-refractivity contribution is 5.79. The summed E-state index contributed by atoms with van der Waals surface area (Å²) in [7, 11) is 3.15. The Labute approximate surface area is 161 Å². The van der Waals surface area contributed by atoms with Crippen molar-refractivity contribution in [1.29, 1.82) is 0 Å². The maximum atomic E-state index is 13.0. The zero-order chi connectivity index (χ0) is 19.9. The Morgan fingerprint density at radius 1 is 1.04 bits per heavy atom. The summed E-state index contributed by atoms with van der Waals surface area (Å²) in [5, 5.41) is 10.5. The smallest absolute Gasteiger partial charge is 0.227 e. The molecule has 0 fully saturated rings. The molecule has 27 heavy (non-hydrogen) atoms. The number of amides is 1. The summed E-state index contributed by atoms with van der Waals surface area (Å²) in [5.74, 6) is 1.18. The molecule has 2 aromatic rings. The first-order chi connectivity index (χ1) is 12.9. The third-order valence-electron chi connectivity index (χ3n) is 4.67. The van der Waals surface area contributed by atoms with Crippen LogP contribution in [0.4, 0.5) is 0 Å². The quantitative estimate of drug-likeness (QED) is 0.734. The van der Waals surface area contributed by atoms with Gasteiger partial charge in [0.15, 0.2) is 11.5 Å². The van der Waals surface area contributed by atoms with E-state index in [2.05, 4.69) is 0 Å². The molecule has 0 aliphatic carbocycles. The van der Waals surface area contributed by atoms with Gasteiger partial charge >= 0.3 is 0 Å². The second kappa shape index (κ2) is 9.42. The van der Waals surface area contributed by atoms with Gasteiger partial charge in [0.1, 0.15) is 0 Å². The van der Waals surface area contributed by atoms with E-state index in [9.17, 15) is 9.90 Å². The molecule has 146 valence electrons. The number of carbonyl (C=O) groups is 1. The van der Waals surface area contributed by atoms with Gasteiger partial charge in [0, 0.05) is 13.1 Å². The molecule has 0 aliphatic rings. The van der Waals surface area contributed by atoms with E-state index in [1.165, 1.54) is 0 Å². The maximum Gasteiger partial charge on any atom is 0.227 e. The predicted molar refractivity (Wildman–Crippen MR) is 106 cm³/mol. The van der Waals surface area contributed by atoms with Gasteiger partial charge in [0.2, 0.25) is 5.91 Å². The Morgan fingerprint density at radius 2 is 1.70 bits per heavy atom. The molecule has 0 unspecified atom stereocenters. The van der Waals surface area contributed by atoms with E-state index in [1.54, 1.807) is 32.1 Å². The minimum atomic E-state index is -0.929. The van der Waals surface area contributed by atoms with Gasteiger partial charge in [-0.2, -0.15) is 0 Å². The van der Waals surface area contributed by atoms with Gasteiger partial charge in [-0.05, 0) is 36.6 Å². The summed E-state index contributed by atoms with van der Waals surface area (Å²) in [6.07, 6.45) is 0.801. The molecule has 0 saturated carbocycles. The number of ether oxygens (including phenoxy) is 2. The zero-order valence-electron chi connectivity index (χ0n) is 16.6. The molecule has 0 saturated heterocycles. The molecule has 0 spiro atoms. The monoisotopic (exact) mass is 371 g/mol. The van der Waals surface area contributed by atoms with Crippen molar-refractivity contribution in [3.8, 4) is 11.5 Å². The summed E-state index contributed by atoms with van der Waals surface area (Å²) in [6, 6.07) is 15.3. The molecule has 0 bridgehead atoms. The molecule has 5 nitrogen and oxygen atoms in total. The fourth-order valence-corrected chi connectivity index (χ4v) is 2.84. The lowest BCUT2D eigenvalue weighted by Gasteiger charge is -2.31. The first kappa shape index (κ1) is 20.8. The van der Waals surface area contributed by atoms with Crippen molar-refractivity contribution >= 4 is 5.91 Å². The van der Waals surface area contributed by atoms with Gasteiger partial charge in [-0.15, -0.1) is 0 Å². The van der Waals surface area contributed by atoms with Crippen LogP contribution in [0.3, 0.4) is 0 Å². The van der Waals surface area contributed by atoms with E-state index in [1.807, 2.05) is 49.4 Å². The SMILES string of the molecule is CC[C@@](C)(O)CN(Cc1ccccc1)C(=O)Cc1ccc(OC)c(OC)c1. The molecular weight excluding hydrogens is 342 g/mol. The predicted octanol–water partition coefficient (Wildman–Crippen LogP) is 3.44. The van der Waals surface area contributed by atoms with Crippen LogP contribution in [-0.2, 0) is 17.8 Å². The van der Waals surface area contributed by atoms with Crippen LogP contribution in [0.25, 0.3) is 0 Å². The van der Waals surface area contributed by atoms with E-state index >= 15 is 0 Å². The second-order valence-electron chi connectivity index (χ2n) is 6.95. The number of benzene rings is 2. The third kappa shape index (κ3) is 6.00. The van der Waals surface area contributed by atoms with E-state index in [0.717, 1.165) is 11.1 Å². The zero-order valence-corrected chi connectivity index (χ0v) is 16.6. The lowest BCUT2D eigenvalue weighted by molar-refractivity contribution is -0.134. The lowest BCUT2D eigenvalue weighted by atomic mass is 10.0. The van der Waals surface area contributed by atoms with Gasteiger partial charge in [-0.3, -0.25) is 4.79 Å². The van der Waals surface area contributed by atoms with Crippen LogP contribution in [0.15, 0.2) is 48.5 Å². The molecular formula is C22H29NO4. The highest BCUT2D eigenvalue weighted by Crippen LogP contribution is 2.28. The van der Waals surface area contributed by atoms with Crippen LogP contribution in [0.2, 0.25) is 0 Å². The molecule has 0 aliphatic heterocycles. The van der Waals surface area contributed by atoms with Gasteiger partial charge < -0.3 is 19.5 Å². The third-order valence-corrected chi connectivity index (χ3v) is 4.67. The standard InChI is InChI=1S/C22H29NO4/c1-5-22(2,25)16-23(15-17-9-7-6-8-10-17)21(24)14-18-11-12-19(26-3)20(13-18)27-4/h6-13,25H,5,14-16H2,1-4H3/t22-/m1/s1. The molecule has 2 aromatic carbocycles. The fraction of sp³-hybridized carbons (Fsp3) is 0.409. The molecule has 0 aromatic heterocycles. The number of carbonyl (C=O) groups excluding carboxylic acids is 1. The first-order valence-electron chi connectivity index (χ1n) is 9.13. The van der Waals surface area contributed by atoms with Crippen LogP contribution in [-0.4, -0.2) is 42.3 Å². The second-order valence-corrected chi connectivity index (χ2v) is 6.95. The van der Waals surface area contributed by atoms with E-state index in [4.69, 9.17) is 9.47 Å². The first-order valence-corrected chi connectivity index (χ1v) is 9.13. The Morgan fingerprint density at radius 3 is 2.30 bits per heavy atom. The summed E-state index contributed by atoms with van der Waals surface area (Å²) < 4.78 is 10.6. The van der Waals surface area contributed by atoms with Crippen molar-refractivity contribution in [3.05, 3.63) is 59.7 Å². The number of hydrogen-bond donors (Lipinski definition) is 1. The van der Waals surface area contributed by atoms with Crippen molar-refractivity contribution in [1.82, 2.24) is 4.90 Å². The maximum absolute atomic E-state index is 13.0. The Hall–Kier alpha value is -2.53. The Balaban J connectivity index is 2.19. The van der Waals surface area contributed by atoms with Crippen LogP contribution in [0.1, 0.15) is 31.4 Å². The van der Waals surface area contributed by atoms with Crippen molar-refractivity contribution in [3.63, 3.8) is 0 Å². The Bertz CT molecular complexity index is 743. The molecule has 1 amide bonds. The van der Waals surface area contributed by atoms with Crippen molar-refractivity contribution < 1.29 is 19.4 Å². The van der Waals surface area contributed by atoms with Crippen LogP contribution in [0.5, 0.6) is 11.5 Å². The van der Waals surface area contributed by atoms with E-state index < -0.39 is 5.60 Å². The van der Waals surface area contributed by atoms with Crippen LogP contribution in [0, 0.1) is 0 Å². The molecule has 1 N–H and O–H groups in total.